The lowest BCUT2D eigenvalue weighted by atomic mass is 9.99. The van der Waals surface area contributed by atoms with E-state index in [1.54, 1.807) is 7.11 Å². The molecule has 1 aromatic rings. The SMILES string of the molecule is COc1c(C)c(C)c(Cl)c(C)c1C#N. The van der Waals surface area contributed by atoms with E-state index in [0.717, 1.165) is 16.7 Å². The van der Waals surface area contributed by atoms with Crippen molar-refractivity contribution in [2.75, 3.05) is 7.11 Å². The van der Waals surface area contributed by atoms with Gasteiger partial charge in [0.2, 0.25) is 0 Å². The van der Waals surface area contributed by atoms with Gasteiger partial charge in [0.1, 0.15) is 11.8 Å². The first kappa shape index (κ1) is 10.9. The number of halogens is 1. The zero-order valence-electron chi connectivity index (χ0n) is 8.73. The van der Waals surface area contributed by atoms with Gasteiger partial charge in [-0.15, -0.1) is 0 Å². The molecule has 0 aliphatic heterocycles. The van der Waals surface area contributed by atoms with Gasteiger partial charge in [0.25, 0.3) is 0 Å². The van der Waals surface area contributed by atoms with Gasteiger partial charge in [0.15, 0.2) is 0 Å². The molecule has 14 heavy (non-hydrogen) atoms. The van der Waals surface area contributed by atoms with Crippen molar-refractivity contribution in [2.45, 2.75) is 20.8 Å². The van der Waals surface area contributed by atoms with E-state index in [-0.39, 0.29) is 0 Å². The van der Waals surface area contributed by atoms with Gasteiger partial charge < -0.3 is 4.74 Å². The molecule has 0 fully saturated rings. The van der Waals surface area contributed by atoms with Crippen LogP contribution in [0, 0.1) is 32.1 Å². The lowest BCUT2D eigenvalue weighted by Crippen LogP contribution is -1.98. The number of hydrogen-bond acceptors (Lipinski definition) is 2. The summed E-state index contributed by atoms with van der Waals surface area (Å²) in [5.41, 5.74) is 3.22. The van der Waals surface area contributed by atoms with Crippen LogP contribution in [0.2, 0.25) is 5.02 Å². The Bertz CT molecular complexity index is 419. The summed E-state index contributed by atoms with van der Waals surface area (Å²) in [5.74, 6) is 0.631. The van der Waals surface area contributed by atoms with Crippen LogP contribution in [0.15, 0.2) is 0 Å². The van der Waals surface area contributed by atoms with Gasteiger partial charge >= 0.3 is 0 Å². The van der Waals surface area contributed by atoms with Crippen LogP contribution >= 0.6 is 11.6 Å². The maximum atomic E-state index is 8.98. The molecule has 0 N–H and O–H groups in total. The third-order valence-electron chi connectivity index (χ3n) is 2.48. The summed E-state index contributed by atoms with van der Waals surface area (Å²) >= 11 is 6.09. The molecule has 0 aliphatic rings. The topological polar surface area (TPSA) is 33.0 Å². The lowest BCUT2D eigenvalue weighted by molar-refractivity contribution is 0.409. The molecule has 0 bridgehead atoms. The Morgan fingerprint density at radius 3 is 2.14 bits per heavy atom. The lowest BCUT2D eigenvalue weighted by Gasteiger charge is -2.14. The standard InChI is InChI=1S/C11H12ClNO/c1-6-7(2)11(14-4)9(5-13)8(3)10(6)12/h1-4H3. The van der Waals surface area contributed by atoms with Crippen molar-refractivity contribution in [1.82, 2.24) is 0 Å². The molecule has 2 nitrogen and oxygen atoms in total. The minimum Gasteiger partial charge on any atom is -0.495 e. The van der Waals surface area contributed by atoms with Crippen molar-refractivity contribution < 1.29 is 4.74 Å². The summed E-state index contributed by atoms with van der Waals surface area (Å²) in [4.78, 5) is 0. The minimum atomic E-state index is 0.528. The van der Waals surface area contributed by atoms with E-state index in [0.29, 0.717) is 16.3 Å². The van der Waals surface area contributed by atoms with Crippen LogP contribution in [-0.2, 0) is 0 Å². The van der Waals surface area contributed by atoms with Crippen molar-refractivity contribution in [3.05, 3.63) is 27.3 Å². The molecule has 3 heteroatoms. The monoisotopic (exact) mass is 209 g/mol. The first-order valence-corrected chi connectivity index (χ1v) is 4.65. The van der Waals surface area contributed by atoms with E-state index >= 15 is 0 Å². The number of ether oxygens (including phenoxy) is 1. The number of nitriles is 1. The van der Waals surface area contributed by atoms with Gasteiger partial charge in [-0.3, -0.25) is 0 Å². The molecule has 1 aromatic carbocycles. The second-order valence-electron chi connectivity index (χ2n) is 3.21. The van der Waals surface area contributed by atoms with Crippen molar-refractivity contribution >= 4 is 11.6 Å². The third kappa shape index (κ3) is 1.44. The van der Waals surface area contributed by atoms with E-state index in [1.807, 2.05) is 20.8 Å². The van der Waals surface area contributed by atoms with E-state index in [9.17, 15) is 0 Å². The highest BCUT2D eigenvalue weighted by Crippen LogP contribution is 2.34. The highest BCUT2D eigenvalue weighted by atomic mass is 35.5. The van der Waals surface area contributed by atoms with Crippen molar-refractivity contribution in [3.8, 4) is 11.8 Å². The third-order valence-corrected chi connectivity index (χ3v) is 3.05. The molecular formula is C11H12ClNO. The van der Waals surface area contributed by atoms with Crippen LogP contribution < -0.4 is 4.74 Å². The summed E-state index contributed by atoms with van der Waals surface area (Å²) in [5, 5.41) is 9.63. The fraction of sp³-hybridized carbons (Fsp3) is 0.364. The first-order chi connectivity index (χ1) is 6.54. The van der Waals surface area contributed by atoms with Gasteiger partial charge in [-0.05, 0) is 37.5 Å². The Hall–Kier alpha value is -1.20. The second-order valence-corrected chi connectivity index (χ2v) is 3.59. The molecule has 0 saturated heterocycles. The summed E-state index contributed by atoms with van der Waals surface area (Å²) in [6, 6.07) is 2.11. The molecule has 0 aliphatic carbocycles. The van der Waals surface area contributed by atoms with Crippen LogP contribution in [0.25, 0.3) is 0 Å². The average Bonchev–Trinajstić information content (AvgIpc) is 2.20. The maximum Gasteiger partial charge on any atom is 0.140 e. The van der Waals surface area contributed by atoms with Crippen molar-refractivity contribution in [1.29, 1.82) is 5.26 Å². The average molecular weight is 210 g/mol. The van der Waals surface area contributed by atoms with Gasteiger partial charge in [0.05, 0.1) is 12.7 Å². The number of benzene rings is 1. The summed E-state index contributed by atoms with van der Waals surface area (Å²) in [7, 11) is 1.57. The second kappa shape index (κ2) is 3.89. The van der Waals surface area contributed by atoms with Gasteiger partial charge in [-0.2, -0.15) is 5.26 Å². The molecule has 1 rings (SSSR count). The van der Waals surface area contributed by atoms with E-state index in [4.69, 9.17) is 21.6 Å². The Morgan fingerprint density at radius 2 is 1.71 bits per heavy atom. The van der Waals surface area contributed by atoms with Crippen LogP contribution in [0.5, 0.6) is 5.75 Å². The zero-order valence-corrected chi connectivity index (χ0v) is 9.49. The molecule has 0 aromatic heterocycles. The molecule has 0 saturated carbocycles. The molecule has 0 heterocycles. The van der Waals surface area contributed by atoms with Gasteiger partial charge in [-0.25, -0.2) is 0 Å². The molecular weight excluding hydrogens is 198 g/mol. The quantitative estimate of drug-likeness (QED) is 0.712. The van der Waals surface area contributed by atoms with Crippen molar-refractivity contribution in [3.63, 3.8) is 0 Å². The van der Waals surface area contributed by atoms with Crippen molar-refractivity contribution in [2.24, 2.45) is 0 Å². The molecule has 0 atom stereocenters. The predicted octanol–water partition coefficient (Wildman–Crippen LogP) is 3.15. The van der Waals surface area contributed by atoms with Crippen LogP contribution in [0.3, 0.4) is 0 Å². The van der Waals surface area contributed by atoms with Crippen LogP contribution in [-0.4, -0.2) is 7.11 Å². The predicted molar refractivity (Wildman–Crippen MR) is 56.9 cm³/mol. The zero-order chi connectivity index (χ0) is 10.9. The Labute approximate surface area is 89.1 Å². The normalized spacial score (nSPS) is 9.71. The Balaban J connectivity index is 3.68. The Kier molecular flexibility index (Phi) is 3.03. The Morgan fingerprint density at radius 1 is 1.14 bits per heavy atom. The number of rotatable bonds is 1. The molecule has 0 radical (unpaired) electrons. The minimum absolute atomic E-state index is 0.528. The van der Waals surface area contributed by atoms with E-state index in [1.165, 1.54) is 0 Å². The maximum absolute atomic E-state index is 8.98. The van der Waals surface area contributed by atoms with Gasteiger partial charge in [-0.1, -0.05) is 11.6 Å². The summed E-state index contributed by atoms with van der Waals surface area (Å²) in [6.07, 6.45) is 0. The summed E-state index contributed by atoms with van der Waals surface area (Å²) in [6.45, 7) is 5.66. The smallest absolute Gasteiger partial charge is 0.140 e. The number of methoxy groups -OCH3 is 1. The largest absolute Gasteiger partial charge is 0.495 e. The number of hydrogen-bond donors (Lipinski definition) is 0. The first-order valence-electron chi connectivity index (χ1n) is 4.27. The van der Waals surface area contributed by atoms with Crippen LogP contribution in [0.4, 0.5) is 0 Å². The molecule has 0 amide bonds. The van der Waals surface area contributed by atoms with Crippen LogP contribution in [0.1, 0.15) is 22.3 Å². The fourth-order valence-electron chi connectivity index (χ4n) is 1.47. The fourth-order valence-corrected chi connectivity index (χ4v) is 1.71. The molecule has 0 unspecified atom stereocenters. The summed E-state index contributed by atoms with van der Waals surface area (Å²) < 4.78 is 5.20. The number of nitrogens with zero attached hydrogens (tertiary/aromatic N) is 1. The molecule has 74 valence electrons. The van der Waals surface area contributed by atoms with E-state index in [2.05, 4.69) is 6.07 Å². The van der Waals surface area contributed by atoms with E-state index < -0.39 is 0 Å². The highest BCUT2D eigenvalue weighted by molar-refractivity contribution is 6.32. The highest BCUT2D eigenvalue weighted by Gasteiger charge is 2.16. The molecule has 0 spiro atoms. The van der Waals surface area contributed by atoms with Gasteiger partial charge in [0, 0.05) is 5.02 Å².